The standard InChI is InChI=1S/C22H24BNO7S/c25-23(26)21(10-16-11-30-20-4-2-1-3-18(16)20)24-32(27,28)13-15-5-6-19-17(9-15)12-31-22(19)7-8-29-14-22/h1-6,9,11,21,24-26H,7-8,10,12-14H2/t21-,22?/m0/s1. The largest absolute Gasteiger partial charge is 0.471 e. The minimum absolute atomic E-state index is 0.0778. The van der Waals surface area contributed by atoms with E-state index in [9.17, 15) is 18.5 Å². The molecule has 0 bridgehead atoms. The fourth-order valence-corrected chi connectivity index (χ4v) is 5.96. The number of hydrogen-bond donors (Lipinski definition) is 3. The van der Waals surface area contributed by atoms with E-state index in [1.807, 2.05) is 30.3 Å². The summed E-state index contributed by atoms with van der Waals surface area (Å²) in [5, 5.41) is 20.5. The number of fused-ring (bicyclic) bond motifs is 3. The maximum absolute atomic E-state index is 12.8. The number of rotatable bonds is 7. The molecular formula is C22H24BNO7S. The quantitative estimate of drug-likeness (QED) is 0.462. The minimum atomic E-state index is -3.85. The zero-order valence-electron chi connectivity index (χ0n) is 17.4. The first-order valence-corrected chi connectivity index (χ1v) is 12.2. The van der Waals surface area contributed by atoms with Crippen molar-refractivity contribution >= 4 is 28.1 Å². The van der Waals surface area contributed by atoms with Gasteiger partial charge in [-0.3, -0.25) is 0 Å². The van der Waals surface area contributed by atoms with Gasteiger partial charge in [-0.1, -0.05) is 36.4 Å². The van der Waals surface area contributed by atoms with Crippen LogP contribution in [0.5, 0.6) is 0 Å². The third-order valence-corrected chi connectivity index (χ3v) is 7.57. The molecule has 3 aromatic rings. The van der Waals surface area contributed by atoms with E-state index in [2.05, 4.69) is 4.72 Å². The highest BCUT2D eigenvalue weighted by molar-refractivity contribution is 7.88. The molecule has 0 aliphatic carbocycles. The predicted octanol–water partition coefficient (Wildman–Crippen LogP) is 1.62. The van der Waals surface area contributed by atoms with E-state index in [-0.39, 0.29) is 12.2 Å². The molecule has 0 radical (unpaired) electrons. The van der Waals surface area contributed by atoms with Crippen molar-refractivity contribution in [1.29, 1.82) is 0 Å². The summed E-state index contributed by atoms with van der Waals surface area (Å²) >= 11 is 0. The second kappa shape index (κ2) is 8.29. The van der Waals surface area contributed by atoms with Gasteiger partial charge in [0.1, 0.15) is 11.2 Å². The molecule has 1 aromatic heterocycles. The average molecular weight is 457 g/mol. The van der Waals surface area contributed by atoms with Gasteiger partial charge < -0.3 is 23.9 Å². The van der Waals surface area contributed by atoms with Gasteiger partial charge >= 0.3 is 7.12 Å². The zero-order chi connectivity index (χ0) is 22.3. The number of sulfonamides is 1. The van der Waals surface area contributed by atoms with Crippen molar-refractivity contribution in [2.75, 3.05) is 13.2 Å². The van der Waals surface area contributed by atoms with Crippen LogP contribution in [0.15, 0.2) is 53.1 Å². The Morgan fingerprint density at radius 2 is 2.03 bits per heavy atom. The number of furan rings is 1. The van der Waals surface area contributed by atoms with Gasteiger partial charge in [0, 0.05) is 18.4 Å². The number of para-hydroxylation sites is 1. The molecule has 32 heavy (non-hydrogen) atoms. The smallest absolute Gasteiger partial charge is 0.464 e. The van der Waals surface area contributed by atoms with Crippen LogP contribution in [0.25, 0.3) is 11.0 Å². The third kappa shape index (κ3) is 4.10. The summed E-state index contributed by atoms with van der Waals surface area (Å²) in [5.41, 5.74) is 3.56. The van der Waals surface area contributed by atoms with E-state index in [0.717, 1.165) is 22.9 Å². The normalized spacial score (nSPS) is 21.3. The molecule has 3 N–H and O–H groups in total. The Morgan fingerprint density at radius 3 is 2.81 bits per heavy atom. The van der Waals surface area contributed by atoms with E-state index in [1.54, 1.807) is 12.1 Å². The highest BCUT2D eigenvalue weighted by atomic mass is 32.2. The molecule has 5 rings (SSSR count). The minimum Gasteiger partial charge on any atom is -0.464 e. The monoisotopic (exact) mass is 457 g/mol. The highest BCUT2D eigenvalue weighted by Crippen LogP contribution is 2.42. The molecule has 0 saturated carbocycles. The van der Waals surface area contributed by atoms with Crippen molar-refractivity contribution in [3.63, 3.8) is 0 Å². The molecule has 2 aromatic carbocycles. The van der Waals surface area contributed by atoms with Gasteiger partial charge in [0.25, 0.3) is 0 Å². The maximum Gasteiger partial charge on any atom is 0.471 e. The Hall–Kier alpha value is -2.21. The molecule has 10 heteroatoms. The lowest BCUT2D eigenvalue weighted by Gasteiger charge is -2.21. The fourth-order valence-electron chi connectivity index (χ4n) is 4.59. The van der Waals surface area contributed by atoms with E-state index in [1.165, 1.54) is 6.26 Å². The SMILES string of the molecule is O=S(=O)(Cc1ccc2c(c1)COC21CCOC1)N[C@@H](Cc1coc2ccccc12)B(O)O. The molecular weight excluding hydrogens is 433 g/mol. The molecule has 1 unspecified atom stereocenters. The number of benzene rings is 2. The second-order valence-electron chi connectivity index (χ2n) is 8.44. The van der Waals surface area contributed by atoms with E-state index < -0.39 is 28.7 Å². The molecule has 0 amide bonds. The lowest BCUT2D eigenvalue weighted by Crippen LogP contribution is -2.48. The van der Waals surface area contributed by atoms with Crippen molar-refractivity contribution < 1.29 is 32.4 Å². The van der Waals surface area contributed by atoms with Crippen molar-refractivity contribution in [3.05, 3.63) is 71.0 Å². The average Bonchev–Trinajstić information content (AvgIpc) is 3.48. The Bertz CT molecular complexity index is 1230. The van der Waals surface area contributed by atoms with Gasteiger partial charge in [-0.15, -0.1) is 0 Å². The Morgan fingerprint density at radius 1 is 1.19 bits per heavy atom. The number of nitrogens with one attached hydrogen (secondary N) is 1. The molecule has 1 fully saturated rings. The molecule has 2 aliphatic heterocycles. The van der Waals surface area contributed by atoms with Gasteiger partial charge in [0.05, 0.1) is 31.2 Å². The van der Waals surface area contributed by atoms with Gasteiger partial charge in [-0.2, -0.15) is 0 Å². The summed E-state index contributed by atoms with van der Waals surface area (Å²) < 4.78 is 45.1. The molecule has 8 nitrogen and oxygen atoms in total. The van der Waals surface area contributed by atoms with Crippen LogP contribution < -0.4 is 4.72 Å². The van der Waals surface area contributed by atoms with Crippen LogP contribution in [0.1, 0.15) is 28.7 Å². The van der Waals surface area contributed by atoms with Gasteiger partial charge in [-0.05, 0) is 34.7 Å². The summed E-state index contributed by atoms with van der Waals surface area (Å²) in [7, 11) is -5.71. The van der Waals surface area contributed by atoms with Crippen LogP contribution in [0.3, 0.4) is 0 Å². The van der Waals surface area contributed by atoms with Crippen molar-refractivity contribution in [2.45, 2.75) is 36.7 Å². The summed E-state index contributed by atoms with van der Waals surface area (Å²) in [6.07, 6.45) is 2.38. The van der Waals surface area contributed by atoms with Gasteiger partial charge in [0.15, 0.2) is 0 Å². The molecule has 1 saturated heterocycles. The van der Waals surface area contributed by atoms with Crippen molar-refractivity contribution in [2.24, 2.45) is 0 Å². The highest BCUT2D eigenvalue weighted by Gasteiger charge is 2.43. The second-order valence-corrected chi connectivity index (χ2v) is 10.2. The van der Waals surface area contributed by atoms with E-state index in [4.69, 9.17) is 13.9 Å². The Labute approximate surface area is 186 Å². The first-order chi connectivity index (χ1) is 15.4. The van der Waals surface area contributed by atoms with E-state index >= 15 is 0 Å². The zero-order valence-corrected chi connectivity index (χ0v) is 18.2. The predicted molar refractivity (Wildman–Crippen MR) is 118 cm³/mol. The molecule has 2 aliphatic rings. The first kappa shape index (κ1) is 21.6. The third-order valence-electron chi connectivity index (χ3n) is 6.20. The van der Waals surface area contributed by atoms with Gasteiger partial charge in [0.2, 0.25) is 10.0 Å². The van der Waals surface area contributed by atoms with Crippen LogP contribution in [0, 0.1) is 0 Å². The van der Waals surface area contributed by atoms with Crippen molar-refractivity contribution in [3.8, 4) is 0 Å². The summed E-state index contributed by atoms with van der Waals surface area (Å²) in [6, 6.07) is 12.9. The maximum atomic E-state index is 12.8. The molecule has 2 atom stereocenters. The summed E-state index contributed by atoms with van der Waals surface area (Å²) in [6.45, 7) is 1.58. The van der Waals surface area contributed by atoms with Gasteiger partial charge in [-0.25, -0.2) is 13.1 Å². The van der Waals surface area contributed by atoms with Crippen LogP contribution in [-0.2, 0) is 43.9 Å². The molecule has 168 valence electrons. The van der Waals surface area contributed by atoms with Crippen LogP contribution in [0.4, 0.5) is 0 Å². The Kier molecular flexibility index (Phi) is 5.61. The number of ether oxygens (including phenoxy) is 2. The summed E-state index contributed by atoms with van der Waals surface area (Å²) in [4.78, 5) is 0. The topological polar surface area (TPSA) is 118 Å². The lowest BCUT2D eigenvalue weighted by atomic mass is 9.77. The molecule has 3 heterocycles. The van der Waals surface area contributed by atoms with Crippen LogP contribution in [0.2, 0.25) is 0 Å². The lowest BCUT2D eigenvalue weighted by molar-refractivity contribution is -0.0421. The van der Waals surface area contributed by atoms with Crippen LogP contribution in [-0.4, -0.2) is 44.7 Å². The number of hydrogen-bond acceptors (Lipinski definition) is 7. The van der Waals surface area contributed by atoms with E-state index in [0.29, 0.717) is 36.5 Å². The van der Waals surface area contributed by atoms with Crippen LogP contribution >= 0.6 is 0 Å². The fraction of sp³-hybridized carbons (Fsp3) is 0.364. The summed E-state index contributed by atoms with van der Waals surface area (Å²) in [5.74, 6) is -1.39. The first-order valence-electron chi connectivity index (χ1n) is 10.5. The Balaban J connectivity index is 1.32. The van der Waals surface area contributed by atoms with Crippen molar-refractivity contribution in [1.82, 2.24) is 4.72 Å². The molecule has 1 spiro atoms.